The Labute approximate surface area is 195 Å². The zero-order chi connectivity index (χ0) is 23.8. The van der Waals surface area contributed by atoms with Crippen LogP contribution in [0.5, 0.6) is 5.75 Å². The lowest BCUT2D eigenvalue weighted by atomic mass is 10.0. The smallest absolute Gasteiger partial charge is 0.410 e. The lowest BCUT2D eigenvalue weighted by molar-refractivity contribution is 0.0265. The van der Waals surface area contributed by atoms with Gasteiger partial charge in [0.25, 0.3) is 0 Å². The van der Waals surface area contributed by atoms with Gasteiger partial charge in [0, 0.05) is 26.1 Å². The molecule has 0 aliphatic carbocycles. The Balaban J connectivity index is 1.59. The first-order chi connectivity index (χ1) is 15.8. The van der Waals surface area contributed by atoms with Gasteiger partial charge in [0.15, 0.2) is 0 Å². The van der Waals surface area contributed by atoms with Crippen LogP contribution in [-0.4, -0.2) is 61.5 Å². The van der Waals surface area contributed by atoms with Crippen LogP contribution in [0.25, 0.3) is 0 Å². The molecular formula is C26H34F2N2O3. The van der Waals surface area contributed by atoms with Crippen LogP contribution in [0.1, 0.15) is 31.4 Å². The summed E-state index contributed by atoms with van der Waals surface area (Å²) in [6.07, 6.45) is -0.651. The Kier molecular flexibility index (Phi) is 9.06. The van der Waals surface area contributed by atoms with Crippen molar-refractivity contribution in [2.75, 3.05) is 33.4 Å². The van der Waals surface area contributed by atoms with E-state index in [1.54, 1.807) is 12.1 Å². The minimum Gasteiger partial charge on any atom is -0.493 e. The molecule has 33 heavy (non-hydrogen) atoms. The van der Waals surface area contributed by atoms with Gasteiger partial charge in [-0.15, -0.1) is 0 Å². The second-order valence-corrected chi connectivity index (χ2v) is 9.10. The van der Waals surface area contributed by atoms with Crippen molar-refractivity contribution in [1.82, 2.24) is 9.80 Å². The van der Waals surface area contributed by atoms with Crippen molar-refractivity contribution in [1.29, 1.82) is 0 Å². The number of amides is 1. The Hall–Kier alpha value is -2.67. The highest BCUT2D eigenvalue weighted by Crippen LogP contribution is 2.22. The number of rotatable bonds is 9. The van der Waals surface area contributed by atoms with E-state index in [2.05, 4.69) is 13.8 Å². The monoisotopic (exact) mass is 460 g/mol. The molecule has 0 radical (unpaired) electrons. The number of ether oxygens (including phenoxy) is 2. The number of benzene rings is 2. The maximum Gasteiger partial charge on any atom is 0.410 e. The third kappa shape index (κ3) is 7.70. The van der Waals surface area contributed by atoms with E-state index in [0.29, 0.717) is 31.9 Å². The Morgan fingerprint density at radius 3 is 2.42 bits per heavy atom. The molecule has 0 saturated carbocycles. The van der Waals surface area contributed by atoms with E-state index >= 15 is 0 Å². The van der Waals surface area contributed by atoms with Crippen LogP contribution in [0, 0.1) is 11.7 Å². The van der Waals surface area contributed by atoms with Gasteiger partial charge < -0.3 is 14.4 Å². The molecule has 0 unspecified atom stereocenters. The molecule has 1 fully saturated rings. The van der Waals surface area contributed by atoms with Crippen molar-refractivity contribution in [3.05, 3.63) is 65.5 Å². The summed E-state index contributed by atoms with van der Waals surface area (Å²) in [4.78, 5) is 16.3. The fraction of sp³-hybridized carbons (Fsp3) is 0.500. The number of carbonyl (C=O) groups is 1. The lowest BCUT2D eigenvalue weighted by Gasteiger charge is -2.39. The second-order valence-electron chi connectivity index (χ2n) is 9.10. The van der Waals surface area contributed by atoms with Crippen LogP contribution in [0.2, 0.25) is 0 Å². The molecule has 1 heterocycles. The lowest BCUT2D eigenvalue weighted by Crippen LogP contribution is -2.53. The van der Waals surface area contributed by atoms with Gasteiger partial charge in [-0.05, 0) is 54.8 Å². The van der Waals surface area contributed by atoms with Crippen molar-refractivity contribution in [3.63, 3.8) is 0 Å². The highest BCUT2D eigenvalue weighted by atomic mass is 19.1. The molecule has 0 aromatic heterocycles. The van der Waals surface area contributed by atoms with E-state index in [-0.39, 0.29) is 25.5 Å². The molecule has 1 amide bonds. The van der Waals surface area contributed by atoms with Crippen molar-refractivity contribution >= 4 is 6.09 Å². The fourth-order valence-electron chi connectivity index (χ4n) is 3.85. The molecule has 1 aliphatic heterocycles. The first-order valence-electron chi connectivity index (χ1n) is 11.5. The molecule has 180 valence electrons. The number of nitrogens with zero attached hydrogens (tertiary/aromatic N) is 2. The first kappa shape index (κ1) is 25.0. The Morgan fingerprint density at radius 2 is 1.79 bits per heavy atom. The number of alkyl halides is 1. The summed E-state index contributed by atoms with van der Waals surface area (Å²) < 4.78 is 39.4. The normalized spacial score (nSPS) is 18.8. The summed E-state index contributed by atoms with van der Waals surface area (Å²) in [6.45, 7) is 6.18. The largest absolute Gasteiger partial charge is 0.493 e. The zero-order valence-corrected chi connectivity index (χ0v) is 19.7. The van der Waals surface area contributed by atoms with Crippen molar-refractivity contribution in [3.8, 4) is 5.75 Å². The second kappa shape index (κ2) is 12.0. The molecule has 1 saturated heterocycles. The third-order valence-corrected chi connectivity index (χ3v) is 5.73. The highest BCUT2D eigenvalue weighted by Gasteiger charge is 2.35. The van der Waals surface area contributed by atoms with Gasteiger partial charge in [-0.3, -0.25) is 4.90 Å². The van der Waals surface area contributed by atoms with Gasteiger partial charge in [0.2, 0.25) is 0 Å². The maximum atomic E-state index is 14.9. The highest BCUT2D eigenvalue weighted by molar-refractivity contribution is 5.68. The summed E-state index contributed by atoms with van der Waals surface area (Å²) in [5, 5.41) is 0. The van der Waals surface area contributed by atoms with Crippen LogP contribution in [0.4, 0.5) is 13.6 Å². The molecule has 2 aromatic carbocycles. The molecule has 0 spiro atoms. The quantitative estimate of drug-likeness (QED) is 0.523. The number of halogens is 2. The van der Waals surface area contributed by atoms with E-state index in [0.717, 1.165) is 16.9 Å². The third-order valence-electron chi connectivity index (χ3n) is 5.73. The van der Waals surface area contributed by atoms with Crippen molar-refractivity contribution in [2.45, 2.75) is 45.4 Å². The molecule has 2 atom stereocenters. The summed E-state index contributed by atoms with van der Waals surface area (Å²) in [5.74, 6) is 0.915. The molecule has 5 nitrogen and oxygen atoms in total. The SMILES string of the molecule is CC(C)COc1ccc(CCOC(=O)N(Cc2ccc(F)cc2)[C@H]2CCN(C)C[C@H]2F)cc1. The van der Waals surface area contributed by atoms with Crippen LogP contribution in [-0.2, 0) is 17.7 Å². The fourth-order valence-corrected chi connectivity index (χ4v) is 3.85. The van der Waals surface area contributed by atoms with Gasteiger partial charge in [0.1, 0.15) is 17.7 Å². The van der Waals surface area contributed by atoms with Gasteiger partial charge in [-0.2, -0.15) is 0 Å². The number of hydrogen-bond donors (Lipinski definition) is 0. The molecule has 7 heteroatoms. The van der Waals surface area contributed by atoms with E-state index < -0.39 is 18.3 Å². The topological polar surface area (TPSA) is 42.0 Å². The van der Waals surface area contributed by atoms with E-state index in [1.165, 1.54) is 17.0 Å². The van der Waals surface area contributed by atoms with Gasteiger partial charge >= 0.3 is 6.09 Å². The minimum absolute atomic E-state index is 0.176. The maximum absolute atomic E-state index is 14.9. The van der Waals surface area contributed by atoms with Crippen molar-refractivity contribution < 1.29 is 23.0 Å². The average Bonchev–Trinajstić information content (AvgIpc) is 2.78. The van der Waals surface area contributed by atoms with Crippen LogP contribution < -0.4 is 4.74 Å². The minimum atomic E-state index is -1.17. The van der Waals surface area contributed by atoms with Gasteiger partial charge in [0.05, 0.1) is 19.3 Å². The predicted molar refractivity (Wildman–Crippen MR) is 125 cm³/mol. The standard InChI is InChI=1S/C26H34F2N2O3/c1-19(2)18-33-23-10-6-20(7-11-23)13-15-32-26(31)30(16-21-4-8-22(27)9-5-21)25-12-14-29(3)17-24(25)28/h4-11,19,24-25H,12-18H2,1-3H3/t24-,25+/m1/s1. The summed E-state index contributed by atoms with van der Waals surface area (Å²) in [7, 11) is 1.87. The van der Waals surface area contributed by atoms with E-state index in [1.807, 2.05) is 36.2 Å². The zero-order valence-electron chi connectivity index (χ0n) is 19.7. The number of likely N-dealkylation sites (tertiary alicyclic amines) is 1. The Morgan fingerprint density at radius 1 is 1.12 bits per heavy atom. The molecule has 0 N–H and O–H groups in total. The predicted octanol–water partition coefficient (Wildman–Crippen LogP) is 5.08. The molecule has 0 bridgehead atoms. The van der Waals surface area contributed by atoms with E-state index in [9.17, 15) is 13.6 Å². The molecule has 3 rings (SSSR count). The van der Waals surface area contributed by atoms with Crippen LogP contribution >= 0.6 is 0 Å². The number of piperidine rings is 1. The summed E-state index contributed by atoms with van der Waals surface area (Å²) >= 11 is 0. The van der Waals surface area contributed by atoms with Crippen LogP contribution in [0.3, 0.4) is 0 Å². The van der Waals surface area contributed by atoms with Crippen molar-refractivity contribution in [2.24, 2.45) is 5.92 Å². The Bertz CT molecular complexity index is 874. The van der Waals surface area contributed by atoms with Gasteiger partial charge in [-0.25, -0.2) is 13.6 Å². The van der Waals surface area contributed by atoms with Crippen LogP contribution in [0.15, 0.2) is 48.5 Å². The molecule has 2 aromatic rings. The average molecular weight is 461 g/mol. The number of carbonyl (C=O) groups excluding carboxylic acids is 1. The van der Waals surface area contributed by atoms with E-state index in [4.69, 9.17) is 9.47 Å². The molecule has 1 aliphatic rings. The number of hydrogen-bond acceptors (Lipinski definition) is 4. The molecular weight excluding hydrogens is 426 g/mol. The summed E-state index contributed by atoms with van der Waals surface area (Å²) in [5.41, 5.74) is 1.75. The van der Waals surface area contributed by atoms with Gasteiger partial charge in [-0.1, -0.05) is 38.1 Å². The first-order valence-corrected chi connectivity index (χ1v) is 11.5. The summed E-state index contributed by atoms with van der Waals surface area (Å²) in [6, 6.07) is 13.1.